The Balaban J connectivity index is 1.52. The van der Waals surface area contributed by atoms with E-state index < -0.39 is 65.5 Å². The number of amides is 4. The first-order chi connectivity index (χ1) is 22.1. The lowest BCUT2D eigenvalue weighted by Gasteiger charge is -2.46. The summed E-state index contributed by atoms with van der Waals surface area (Å²) in [7, 11) is 0. The minimum Gasteiger partial charge on any atom is -0.489 e. The Morgan fingerprint density at radius 1 is 1.08 bits per heavy atom. The number of anilines is 1. The van der Waals surface area contributed by atoms with Gasteiger partial charge in [0.25, 0.3) is 11.5 Å². The Hall–Kier alpha value is -4.34. The number of urea groups is 1. The zero-order valence-corrected chi connectivity index (χ0v) is 27.1. The Morgan fingerprint density at radius 3 is 2.27 bits per heavy atom. The molecule has 4 rings (SSSR count). The number of aromatic nitrogens is 1. The average Bonchev–Trinajstić information content (AvgIpc) is 3.20. The van der Waals surface area contributed by atoms with Gasteiger partial charge in [-0.25, -0.2) is 4.79 Å². The molecule has 2 aliphatic rings. The number of ether oxygens (including phenoxy) is 1. The Morgan fingerprint density at radius 2 is 1.73 bits per heavy atom. The van der Waals surface area contributed by atoms with Crippen molar-refractivity contribution in [2.45, 2.75) is 83.2 Å². The molecule has 1 aromatic heterocycles. The maximum atomic E-state index is 13.6. The van der Waals surface area contributed by atoms with Gasteiger partial charge in [-0.2, -0.15) is 26.3 Å². The number of nitrogens with zero attached hydrogens (tertiary/aromatic N) is 4. The summed E-state index contributed by atoms with van der Waals surface area (Å²) in [5.74, 6) is -0.750. The van der Waals surface area contributed by atoms with E-state index in [-0.39, 0.29) is 36.1 Å². The summed E-state index contributed by atoms with van der Waals surface area (Å²) in [5, 5.41) is 12.5. The third-order valence-electron chi connectivity index (χ3n) is 8.42. The van der Waals surface area contributed by atoms with E-state index >= 15 is 0 Å². The fourth-order valence-electron chi connectivity index (χ4n) is 5.91. The van der Waals surface area contributed by atoms with E-state index in [2.05, 4.69) is 10.3 Å². The van der Waals surface area contributed by atoms with Crippen molar-refractivity contribution in [2.24, 2.45) is 0 Å². The number of piperazine rings is 1. The lowest BCUT2D eigenvalue weighted by atomic mass is 9.89. The molecule has 2 fully saturated rings. The van der Waals surface area contributed by atoms with Crippen LogP contribution in [0.3, 0.4) is 0 Å². The smallest absolute Gasteiger partial charge is 0.430 e. The number of aliphatic hydroxyl groups is 1. The normalized spacial score (nSPS) is 22.6. The summed E-state index contributed by atoms with van der Waals surface area (Å²) in [6, 6.07) is 3.67. The van der Waals surface area contributed by atoms with Crippen LogP contribution in [0.2, 0.25) is 0 Å². The van der Waals surface area contributed by atoms with E-state index in [1.165, 1.54) is 37.1 Å². The minimum atomic E-state index is -6.04. The molecule has 2 aromatic rings. The first-order valence-corrected chi connectivity index (χ1v) is 15.1. The van der Waals surface area contributed by atoms with Crippen LogP contribution >= 0.6 is 0 Å². The molecule has 2 aliphatic heterocycles. The van der Waals surface area contributed by atoms with E-state index in [4.69, 9.17) is 4.74 Å². The van der Waals surface area contributed by atoms with Crippen molar-refractivity contribution in [3.8, 4) is 5.75 Å². The van der Waals surface area contributed by atoms with Gasteiger partial charge < -0.3 is 25.0 Å². The van der Waals surface area contributed by atoms with Gasteiger partial charge >= 0.3 is 18.4 Å². The molecule has 10 nitrogen and oxygen atoms in total. The summed E-state index contributed by atoms with van der Waals surface area (Å²) < 4.78 is 87.0. The second-order valence-electron chi connectivity index (χ2n) is 12.4. The monoisotopic (exact) mass is 685 g/mol. The third kappa shape index (κ3) is 6.54. The second kappa shape index (κ2) is 12.9. The fraction of sp³-hybridized carbons (Fsp3) is 0.500. The largest absolute Gasteiger partial charge is 0.489 e. The quantitative estimate of drug-likeness (QED) is 0.294. The van der Waals surface area contributed by atoms with E-state index in [0.717, 1.165) is 11.0 Å². The highest BCUT2D eigenvalue weighted by molar-refractivity contribution is 6.09. The third-order valence-corrected chi connectivity index (χ3v) is 8.42. The zero-order chi connectivity index (χ0) is 36.0. The number of imide groups is 1. The topological polar surface area (TPSA) is 115 Å². The molecule has 1 unspecified atom stereocenters. The molecule has 3 atom stereocenters. The first-order valence-electron chi connectivity index (χ1n) is 15.1. The lowest BCUT2D eigenvalue weighted by Crippen LogP contribution is -2.60. The van der Waals surface area contributed by atoms with Gasteiger partial charge in [0.2, 0.25) is 5.91 Å². The highest BCUT2D eigenvalue weighted by Gasteiger charge is 2.71. The highest BCUT2D eigenvalue weighted by Crippen LogP contribution is 2.50. The molecule has 0 radical (unpaired) electrons. The van der Waals surface area contributed by atoms with Gasteiger partial charge in [-0.1, -0.05) is 18.2 Å². The van der Waals surface area contributed by atoms with Crippen LogP contribution in [-0.4, -0.2) is 87.9 Å². The number of hydrogen-bond acceptors (Lipinski definition) is 7. The van der Waals surface area contributed by atoms with E-state index in [0.29, 0.717) is 17.9 Å². The van der Waals surface area contributed by atoms with Crippen molar-refractivity contribution in [3.63, 3.8) is 0 Å². The predicted molar refractivity (Wildman–Crippen MR) is 163 cm³/mol. The van der Waals surface area contributed by atoms with Crippen LogP contribution in [0.4, 0.5) is 36.8 Å². The summed E-state index contributed by atoms with van der Waals surface area (Å²) >= 11 is 0. The Bertz CT molecular complexity index is 1560. The van der Waals surface area contributed by atoms with Crippen LogP contribution in [0.15, 0.2) is 42.6 Å². The molecule has 2 N–H and O–H groups in total. The molecule has 2 saturated heterocycles. The van der Waals surface area contributed by atoms with Crippen molar-refractivity contribution in [1.82, 2.24) is 20.1 Å². The van der Waals surface area contributed by atoms with E-state index in [1.54, 1.807) is 30.9 Å². The number of allylic oxidation sites excluding steroid dienone is 1. The van der Waals surface area contributed by atoms with Gasteiger partial charge in [-0.05, 0) is 71.4 Å². The van der Waals surface area contributed by atoms with Crippen LogP contribution < -0.4 is 15.0 Å². The maximum absolute atomic E-state index is 13.6. The van der Waals surface area contributed by atoms with Gasteiger partial charge in [0, 0.05) is 36.4 Å². The molecule has 3 heterocycles. The molecular weight excluding hydrogens is 648 g/mol. The SMILES string of the molecule is CC=Cc1cc(C(O)(C(F)(F)F)C(F)(F)F)ccc1N1C[C@@H](C)N(C(=O)CN2C(=O)N[C@@](C)(c3ccc(OC(C)C)cn3)C2=O)CC1C. The van der Waals surface area contributed by atoms with Gasteiger partial charge in [0.05, 0.1) is 18.0 Å². The van der Waals surface area contributed by atoms with Gasteiger partial charge in [0.15, 0.2) is 5.54 Å². The molecule has 4 amide bonds. The number of alkyl halides is 6. The van der Waals surface area contributed by atoms with Crippen LogP contribution in [0.5, 0.6) is 5.75 Å². The zero-order valence-electron chi connectivity index (χ0n) is 27.1. The number of rotatable bonds is 8. The molecule has 0 spiro atoms. The fourth-order valence-corrected chi connectivity index (χ4v) is 5.91. The van der Waals surface area contributed by atoms with Gasteiger partial charge in [-0.15, -0.1) is 0 Å². The van der Waals surface area contributed by atoms with E-state index in [1.807, 2.05) is 13.8 Å². The molecule has 16 heteroatoms. The Kier molecular flexibility index (Phi) is 9.83. The van der Waals surface area contributed by atoms with Crippen molar-refractivity contribution in [3.05, 3.63) is 59.4 Å². The van der Waals surface area contributed by atoms with Gasteiger partial charge in [-0.3, -0.25) is 19.5 Å². The number of carbonyl (C=O) groups excluding carboxylic acids is 3. The van der Waals surface area contributed by atoms with E-state index in [9.17, 15) is 45.8 Å². The summed E-state index contributed by atoms with van der Waals surface area (Å²) in [6.45, 7) is 9.70. The second-order valence-corrected chi connectivity index (χ2v) is 12.4. The van der Waals surface area contributed by atoms with Crippen molar-refractivity contribution in [1.29, 1.82) is 0 Å². The standard InChI is InChI=1S/C32H37F6N5O5/c1-7-8-21-13-22(30(47,31(33,34)35)32(36,37)38)9-11-24(21)41-15-20(5)42(16-19(41)4)26(44)17-43-27(45)29(6,40-28(43)46)25-12-10-23(14-39-25)48-18(2)3/h7-14,18-20,47H,15-17H2,1-6H3,(H,40,46)/t19?,20-,29+/m1/s1. The number of halogens is 6. The number of carbonyl (C=O) groups is 3. The summed E-state index contributed by atoms with van der Waals surface area (Å²) in [5.41, 5.74) is -7.48. The van der Waals surface area contributed by atoms with Crippen LogP contribution in [0.25, 0.3) is 6.08 Å². The molecular formula is C32H37F6N5O5. The van der Waals surface area contributed by atoms with Crippen molar-refractivity contribution < 1.29 is 50.6 Å². The number of nitrogens with one attached hydrogen (secondary N) is 1. The van der Waals surface area contributed by atoms with Crippen LogP contribution in [-0.2, 0) is 20.7 Å². The minimum absolute atomic E-state index is 0.00298. The Labute approximate surface area is 273 Å². The number of benzene rings is 1. The molecule has 1 aromatic carbocycles. The summed E-state index contributed by atoms with van der Waals surface area (Å²) in [4.78, 5) is 48.1. The van der Waals surface area contributed by atoms with Crippen molar-refractivity contribution in [2.75, 3.05) is 24.5 Å². The maximum Gasteiger partial charge on any atom is 0.430 e. The molecule has 0 aliphatic carbocycles. The molecule has 0 bridgehead atoms. The molecule has 262 valence electrons. The average molecular weight is 686 g/mol. The van der Waals surface area contributed by atoms with Crippen LogP contribution in [0, 0.1) is 0 Å². The summed E-state index contributed by atoms with van der Waals surface area (Å²) in [6.07, 6.45) is -7.99. The van der Waals surface area contributed by atoms with Crippen LogP contribution in [0.1, 0.15) is 58.4 Å². The highest BCUT2D eigenvalue weighted by atomic mass is 19.4. The van der Waals surface area contributed by atoms with Gasteiger partial charge in [0.1, 0.15) is 12.3 Å². The lowest BCUT2D eigenvalue weighted by molar-refractivity contribution is -0.376. The first kappa shape index (κ1) is 36.5. The number of pyridine rings is 1. The molecule has 48 heavy (non-hydrogen) atoms. The molecule has 0 saturated carbocycles. The number of hydrogen-bond donors (Lipinski definition) is 2. The van der Waals surface area contributed by atoms with Crippen molar-refractivity contribution >= 4 is 29.6 Å². The predicted octanol–water partition coefficient (Wildman–Crippen LogP) is 5.11.